The van der Waals surface area contributed by atoms with Crippen molar-refractivity contribution in [2.45, 2.75) is 83.0 Å². The summed E-state index contributed by atoms with van der Waals surface area (Å²) >= 11 is 0. The summed E-state index contributed by atoms with van der Waals surface area (Å²) in [6.07, 6.45) is 2.74. The van der Waals surface area contributed by atoms with Crippen LogP contribution >= 0.6 is 0 Å². The molecule has 3 atom stereocenters. The zero-order valence-corrected chi connectivity index (χ0v) is 22.2. The molecule has 0 aromatic heterocycles. The molecule has 2 aliphatic rings. The fraction of sp³-hybridized carbons (Fsp3) is 0.957. The van der Waals surface area contributed by atoms with Gasteiger partial charge in [0.05, 0.1) is 64.9 Å². The number of hydrogen-bond donors (Lipinski definition) is 1. The van der Waals surface area contributed by atoms with Crippen molar-refractivity contribution in [3.05, 3.63) is 0 Å². The van der Waals surface area contributed by atoms with E-state index in [9.17, 15) is 9.90 Å². The number of amides is 1. The largest absolute Gasteiger partial charge is 0.465 e. The molecular formula is C23H45NO8Si. The third-order valence-electron chi connectivity index (χ3n) is 6.69. The van der Waals surface area contributed by atoms with E-state index >= 15 is 0 Å². The van der Waals surface area contributed by atoms with Gasteiger partial charge in [0.25, 0.3) is 0 Å². The standard InChI is InChI=1S/C23H45NO8Si/c1-23(2,3)33(4,5)32-18-19-16-20(17-24(19)22(25)26)29-14-12-27-10-11-28-13-15-31-21-8-6-7-9-30-21/h19-21H,6-18H2,1-5H3,(H,25,26)/t19-,20+,21?/m0/s1. The molecule has 2 heterocycles. The maximum Gasteiger partial charge on any atom is 0.407 e. The van der Waals surface area contributed by atoms with Crippen LogP contribution in [0.2, 0.25) is 18.1 Å². The van der Waals surface area contributed by atoms with Crippen molar-refractivity contribution < 1.29 is 38.0 Å². The highest BCUT2D eigenvalue weighted by molar-refractivity contribution is 6.74. The smallest absolute Gasteiger partial charge is 0.407 e. The van der Waals surface area contributed by atoms with E-state index in [-0.39, 0.29) is 23.5 Å². The highest BCUT2D eigenvalue weighted by Gasteiger charge is 2.41. The van der Waals surface area contributed by atoms with Gasteiger partial charge in [0.15, 0.2) is 14.6 Å². The van der Waals surface area contributed by atoms with Crippen molar-refractivity contribution in [2.24, 2.45) is 0 Å². The van der Waals surface area contributed by atoms with Crippen LogP contribution in [0.3, 0.4) is 0 Å². The molecule has 10 heteroatoms. The third kappa shape index (κ3) is 10.2. The van der Waals surface area contributed by atoms with E-state index in [1.54, 1.807) is 0 Å². The Hall–Kier alpha value is -0.753. The summed E-state index contributed by atoms with van der Waals surface area (Å²) in [4.78, 5) is 13.1. The van der Waals surface area contributed by atoms with Gasteiger partial charge in [-0.05, 0) is 43.8 Å². The number of nitrogens with zero attached hydrogens (tertiary/aromatic N) is 1. The summed E-state index contributed by atoms with van der Waals surface area (Å²) < 4.78 is 34.3. The lowest BCUT2D eigenvalue weighted by molar-refractivity contribution is -0.169. The summed E-state index contributed by atoms with van der Waals surface area (Å²) in [5.74, 6) is 0. The van der Waals surface area contributed by atoms with Gasteiger partial charge in [-0.1, -0.05) is 20.8 Å². The molecule has 1 N–H and O–H groups in total. The van der Waals surface area contributed by atoms with E-state index in [4.69, 9.17) is 28.1 Å². The predicted molar refractivity (Wildman–Crippen MR) is 127 cm³/mol. The van der Waals surface area contributed by atoms with Gasteiger partial charge in [0.1, 0.15) is 0 Å². The molecule has 0 spiro atoms. The molecule has 1 amide bonds. The molecule has 194 valence electrons. The molecule has 0 aromatic carbocycles. The maximum absolute atomic E-state index is 11.7. The number of likely N-dealkylation sites (tertiary alicyclic amines) is 1. The van der Waals surface area contributed by atoms with Gasteiger partial charge in [-0.15, -0.1) is 0 Å². The maximum atomic E-state index is 11.7. The van der Waals surface area contributed by atoms with Crippen molar-refractivity contribution in [3.63, 3.8) is 0 Å². The minimum atomic E-state index is -1.93. The van der Waals surface area contributed by atoms with Crippen molar-refractivity contribution in [1.82, 2.24) is 4.90 Å². The van der Waals surface area contributed by atoms with Gasteiger partial charge in [-0.25, -0.2) is 4.79 Å². The Morgan fingerprint density at radius 2 is 1.67 bits per heavy atom. The molecule has 0 aliphatic carbocycles. The molecule has 1 unspecified atom stereocenters. The van der Waals surface area contributed by atoms with E-state index < -0.39 is 14.4 Å². The zero-order chi connectivity index (χ0) is 24.3. The molecular weight excluding hydrogens is 446 g/mol. The highest BCUT2D eigenvalue weighted by atomic mass is 28.4. The van der Waals surface area contributed by atoms with Crippen LogP contribution in [-0.2, 0) is 28.1 Å². The highest BCUT2D eigenvalue weighted by Crippen LogP contribution is 2.37. The summed E-state index contributed by atoms with van der Waals surface area (Å²) in [7, 11) is -1.93. The average molecular weight is 492 g/mol. The number of carbonyl (C=O) groups is 1. The van der Waals surface area contributed by atoms with E-state index in [2.05, 4.69) is 33.9 Å². The van der Waals surface area contributed by atoms with Crippen LogP contribution in [0.25, 0.3) is 0 Å². The van der Waals surface area contributed by atoms with Crippen LogP contribution in [0.1, 0.15) is 46.5 Å². The van der Waals surface area contributed by atoms with E-state index in [1.807, 2.05) is 0 Å². The van der Waals surface area contributed by atoms with Crippen LogP contribution in [0.5, 0.6) is 0 Å². The first-order valence-corrected chi connectivity index (χ1v) is 15.1. The lowest BCUT2D eigenvalue weighted by Crippen LogP contribution is -2.45. The Kier molecular flexibility index (Phi) is 12.1. The van der Waals surface area contributed by atoms with Gasteiger partial charge < -0.3 is 38.1 Å². The third-order valence-corrected chi connectivity index (χ3v) is 11.2. The molecule has 0 bridgehead atoms. The molecule has 2 aliphatic heterocycles. The molecule has 0 saturated carbocycles. The first-order valence-electron chi connectivity index (χ1n) is 12.2. The van der Waals surface area contributed by atoms with Gasteiger partial charge in [0, 0.05) is 6.61 Å². The topological polar surface area (TPSA) is 95.9 Å². The van der Waals surface area contributed by atoms with Gasteiger partial charge in [-0.3, -0.25) is 0 Å². The monoisotopic (exact) mass is 491 g/mol. The fourth-order valence-electron chi connectivity index (χ4n) is 3.58. The van der Waals surface area contributed by atoms with Gasteiger partial charge in [0.2, 0.25) is 0 Å². The fourth-order valence-corrected chi connectivity index (χ4v) is 4.63. The van der Waals surface area contributed by atoms with E-state index in [1.165, 1.54) is 4.90 Å². The Balaban J connectivity index is 1.52. The molecule has 0 aromatic rings. The summed E-state index contributed by atoms with van der Waals surface area (Å²) in [5, 5.41) is 9.66. The molecule has 9 nitrogen and oxygen atoms in total. The van der Waals surface area contributed by atoms with Crippen LogP contribution in [0.4, 0.5) is 4.79 Å². The van der Waals surface area contributed by atoms with Crippen LogP contribution < -0.4 is 0 Å². The second kappa shape index (κ2) is 14.0. The van der Waals surface area contributed by atoms with Crippen LogP contribution in [0, 0.1) is 0 Å². The van der Waals surface area contributed by atoms with Crippen molar-refractivity contribution in [1.29, 1.82) is 0 Å². The normalized spacial score (nSPS) is 24.4. The summed E-state index contributed by atoms with van der Waals surface area (Å²) in [5.41, 5.74) is 0. The van der Waals surface area contributed by atoms with Crippen LogP contribution in [0.15, 0.2) is 0 Å². The first kappa shape index (κ1) is 28.5. The Labute approximate surface area is 200 Å². The zero-order valence-electron chi connectivity index (χ0n) is 21.2. The van der Waals surface area contributed by atoms with Crippen LogP contribution in [-0.4, -0.2) is 102 Å². The Bertz CT molecular complexity index is 565. The molecule has 2 saturated heterocycles. The average Bonchev–Trinajstić information content (AvgIpc) is 3.17. The van der Waals surface area contributed by atoms with E-state index in [0.717, 1.165) is 25.9 Å². The number of ether oxygens (including phenoxy) is 5. The lowest BCUT2D eigenvalue weighted by atomic mass is 10.2. The second-order valence-corrected chi connectivity index (χ2v) is 15.1. The minimum absolute atomic E-state index is 0.0818. The summed E-state index contributed by atoms with van der Waals surface area (Å²) in [6, 6.07) is -0.169. The van der Waals surface area contributed by atoms with Gasteiger partial charge >= 0.3 is 6.09 Å². The quantitative estimate of drug-likeness (QED) is 0.290. The lowest BCUT2D eigenvalue weighted by Gasteiger charge is -2.37. The van der Waals surface area contributed by atoms with Gasteiger partial charge in [-0.2, -0.15) is 0 Å². The SMILES string of the molecule is CC(C)(C)[Si](C)(C)OC[C@@H]1C[C@@H](OCCOCCOCCOC2CCCCO2)CN1C(=O)O. The molecule has 2 rings (SSSR count). The Morgan fingerprint density at radius 3 is 2.24 bits per heavy atom. The van der Waals surface area contributed by atoms with Crippen molar-refractivity contribution >= 4 is 14.4 Å². The van der Waals surface area contributed by atoms with Crippen molar-refractivity contribution in [3.8, 4) is 0 Å². The first-order chi connectivity index (χ1) is 15.6. The molecule has 2 fully saturated rings. The van der Waals surface area contributed by atoms with Crippen molar-refractivity contribution in [2.75, 3.05) is 59.4 Å². The second-order valence-electron chi connectivity index (χ2n) is 10.3. The number of carboxylic acid groups (broad SMARTS) is 1. The molecule has 0 radical (unpaired) electrons. The number of rotatable bonds is 14. The Morgan fingerprint density at radius 1 is 1.03 bits per heavy atom. The predicted octanol–water partition coefficient (Wildman–Crippen LogP) is 3.72. The minimum Gasteiger partial charge on any atom is -0.465 e. The summed E-state index contributed by atoms with van der Waals surface area (Å²) in [6.45, 7) is 15.4. The van der Waals surface area contributed by atoms with E-state index in [0.29, 0.717) is 59.2 Å². The molecule has 33 heavy (non-hydrogen) atoms. The number of hydrogen-bond acceptors (Lipinski definition) is 7.